The number of aromatic amines is 1. The van der Waals surface area contributed by atoms with Crippen molar-refractivity contribution in [1.29, 1.82) is 0 Å². The second-order valence-corrected chi connectivity index (χ2v) is 6.60. The zero-order valence-electron chi connectivity index (χ0n) is 15.7. The average Bonchev–Trinajstić information content (AvgIpc) is 3.33. The van der Waals surface area contributed by atoms with E-state index in [1.54, 1.807) is 24.3 Å². The molecule has 0 radical (unpaired) electrons. The van der Waals surface area contributed by atoms with Crippen LogP contribution in [0.2, 0.25) is 0 Å². The Labute approximate surface area is 164 Å². The Morgan fingerprint density at radius 3 is 2.52 bits per heavy atom. The number of aromatic nitrogens is 3. The van der Waals surface area contributed by atoms with Crippen molar-refractivity contribution in [2.45, 2.75) is 18.8 Å². The largest absolute Gasteiger partial charge is 0.464 e. The number of Topliss-reactive ketones (excluding diaryl/α,β-unsaturated/α-hetero) is 1. The van der Waals surface area contributed by atoms with Gasteiger partial charge in [-0.1, -0.05) is 18.2 Å². The van der Waals surface area contributed by atoms with Gasteiger partial charge in [-0.2, -0.15) is 0 Å². The van der Waals surface area contributed by atoms with Crippen LogP contribution in [0.15, 0.2) is 35.1 Å². The van der Waals surface area contributed by atoms with Crippen LogP contribution < -0.4 is 5.56 Å². The number of methoxy groups -OCH3 is 2. The molecule has 0 unspecified atom stereocenters. The van der Waals surface area contributed by atoms with Crippen molar-refractivity contribution in [3.63, 3.8) is 0 Å². The van der Waals surface area contributed by atoms with E-state index < -0.39 is 29.2 Å². The molecule has 4 rings (SSSR count). The van der Waals surface area contributed by atoms with Crippen LogP contribution >= 0.6 is 0 Å². The smallest absolute Gasteiger partial charge is 0.374 e. The van der Waals surface area contributed by atoms with Crippen LogP contribution in [0.5, 0.6) is 0 Å². The van der Waals surface area contributed by atoms with Crippen LogP contribution in [-0.4, -0.2) is 46.7 Å². The fraction of sp³-hybridized carbons (Fsp3) is 0.250. The van der Waals surface area contributed by atoms with E-state index in [0.717, 1.165) is 7.11 Å². The third-order valence-corrected chi connectivity index (χ3v) is 5.10. The van der Waals surface area contributed by atoms with E-state index in [1.165, 1.54) is 11.8 Å². The molecule has 2 aromatic heterocycles. The van der Waals surface area contributed by atoms with E-state index in [9.17, 15) is 19.2 Å². The molecule has 9 nitrogen and oxygen atoms in total. The number of ketones is 1. The molecular weight excluding hydrogens is 378 g/mol. The minimum atomic E-state index is -0.994. The molecule has 0 amide bonds. The van der Waals surface area contributed by atoms with Crippen molar-refractivity contribution in [3.05, 3.63) is 57.5 Å². The second kappa shape index (κ2) is 7.01. The van der Waals surface area contributed by atoms with E-state index in [-0.39, 0.29) is 23.1 Å². The molecule has 3 aromatic rings. The number of esters is 2. The fourth-order valence-electron chi connectivity index (χ4n) is 3.81. The highest BCUT2D eigenvalue weighted by Crippen LogP contribution is 2.39. The van der Waals surface area contributed by atoms with Gasteiger partial charge in [-0.15, -0.1) is 0 Å². The molecule has 9 heteroatoms. The molecule has 0 fully saturated rings. The lowest BCUT2D eigenvalue weighted by atomic mass is 9.94. The summed E-state index contributed by atoms with van der Waals surface area (Å²) in [5.41, 5.74) is 1.09. The van der Waals surface area contributed by atoms with Gasteiger partial charge in [0.05, 0.1) is 31.2 Å². The number of nitrogens with zero attached hydrogens (tertiary/aromatic N) is 2. The summed E-state index contributed by atoms with van der Waals surface area (Å²) in [7, 11) is 2.35. The molecule has 0 saturated heterocycles. The van der Waals surface area contributed by atoms with Gasteiger partial charge in [0.1, 0.15) is 0 Å². The zero-order valence-corrected chi connectivity index (χ0v) is 15.7. The van der Waals surface area contributed by atoms with E-state index in [0.29, 0.717) is 23.2 Å². The van der Waals surface area contributed by atoms with Crippen LogP contribution in [0.3, 0.4) is 0 Å². The number of hydrogen-bond acceptors (Lipinski definition) is 7. The quantitative estimate of drug-likeness (QED) is 0.522. The van der Waals surface area contributed by atoms with Crippen molar-refractivity contribution >= 4 is 28.8 Å². The number of nitrogens with one attached hydrogen (secondary N) is 1. The molecule has 0 saturated carbocycles. The van der Waals surface area contributed by atoms with Crippen molar-refractivity contribution in [2.24, 2.45) is 0 Å². The maximum atomic E-state index is 13.2. The molecule has 0 aliphatic heterocycles. The molecule has 1 atom stereocenters. The summed E-state index contributed by atoms with van der Waals surface area (Å²) in [5.74, 6) is -3.32. The predicted molar refractivity (Wildman–Crippen MR) is 101 cm³/mol. The summed E-state index contributed by atoms with van der Waals surface area (Å²) >= 11 is 0. The Balaban J connectivity index is 2.03. The minimum absolute atomic E-state index is 0.0247. The van der Waals surface area contributed by atoms with Crippen molar-refractivity contribution < 1.29 is 23.9 Å². The lowest BCUT2D eigenvalue weighted by molar-refractivity contribution is -0.152. The van der Waals surface area contributed by atoms with Crippen LogP contribution in [-0.2, 0) is 25.5 Å². The second-order valence-electron chi connectivity index (χ2n) is 6.60. The summed E-state index contributed by atoms with van der Waals surface area (Å²) < 4.78 is 10.7. The van der Waals surface area contributed by atoms with E-state index >= 15 is 0 Å². The minimum Gasteiger partial charge on any atom is -0.464 e. The van der Waals surface area contributed by atoms with Gasteiger partial charge in [-0.3, -0.25) is 14.7 Å². The first-order chi connectivity index (χ1) is 14.0. The third kappa shape index (κ3) is 2.82. The molecule has 1 aliphatic carbocycles. The van der Waals surface area contributed by atoms with Gasteiger partial charge in [0, 0.05) is 0 Å². The average molecular weight is 395 g/mol. The number of H-pyrrole nitrogens is 1. The molecule has 2 heterocycles. The van der Waals surface area contributed by atoms with Gasteiger partial charge >= 0.3 is 11.9 Å². The Kier molecular flexibility index (Phi) is 4.50. The molecule has 1 aromatic carbocycles. The maximum absolute atomic E-state index is 13.2. The summed E-state index contributed by atoms with van der Waals surface area (Å²) in [5, 5.41) is 3.07. The van der Waals surface area contributed by atoms with Crippen LogP contribution in [0.25, 0.3) is 16.7 Å². The Morgan fingerprint density at radius 2 is 1.86 bits per heavy atom. The van der Waals surface area contributed by atoms with Crippen LogP contribution in [0.4, 0.5) is 0 Å². The van der Waals surface area contributed by atoms with Crippen LogP contribution in [0, 0.1) is 0 Å². The first-order valence-corrected chi connectivity index (χ1v) is 8.91. The Hall–Kier alpha value is -3.75. The first kappa shape index (κ1) is 18.6. The van der Waals surface area contributed by atoms with E-state index in [1.807, 2.05) is 6.07 Å². The van der Waals surface area contributed by atoms with Gasteiger partial charge in [-0.05, 0) is 36.1 Å². The highest BCUT2D eigenvalue weighted by atomic mass is 16.5. The van der Waals surface area contributed by atoms with Gasteiger partial charge in [0.25, 0.3) is 5.56 Å². The predicted octanol–water partition coefficient (Wildman–Crippen LogP) is 1.27. The standard InChI is InChI=1S/C20H17N3O6/c1-28-19(26)15-11-8-9-12(16(24)20(27)29-2)13(11)14-17(21-15)22-23(18(14)25)10-6-4-3-5-7-10/h3-7,12H,8-9H2,1-2H3,(H,21,22)/t12-/m0/s1. The fourth-order valence-corrected chi connectivity index (χ4v) is 3.81. The first-order valence-electron chi connectivity index (χ1n) is 8.91. The van der Waals surface area contributed by atoms with Crippen molar-refractivity contribution in [1.82, 2.24) is 14.8 Å². The number of pyridine rings is 1. The number of hydrogen-bond donors (Lipinski definition) is 1. The molecule has 0 spiro atoms. The normalized spacial score (nSPS) is 15.2. The van der Waals surface area contributed by atoms with E-state index in [2.05, 4.69) is 14.8 Å². The summed E-state index contributed by atoms with van der Waals surface area (Å²) in [6.45, 7) is 0. The number of carbonyl (C=O) groups excluding carboxylic acids is 3. The SMILES string of the molecule is COC(=O)C(=O)[C@H]1CCc2c(C(=O)OC)nc3[nH]n(-c4ccccc4)c(=O)c3c21. The Bertz CT molecular complexity index is 1210. The van der Waals surface area contributed by atoms with Crippen LogP contribution in [0.1, 0.15) is 34.0 Å². The highest BCUT2D eigenvalue weighted by Gasteiger charge is 2.39. The topological polar surface area (TPSA) is 120 Å². The zero-order chi connectivity index (χ0) is 20.7. The summed E-state index contributed by atoms with van der Waals surface area (Å²) in [6.07, 6.45) is 0.579. The molecule has 1 aliphatic rings. The number of para-hydroxylation sites is 1. The van der Waals surface area contributed by atoms with Gasteiger partial charge < -0.3 is 9.47 Å². The number of benzene rings is 1. The third-order valence-electron chi connectivity index (χ3n) is 5.10. The summed E-state index contributed by atoms with van der Waals surface area (Å²) in [6, 6.07) is 8.82. The number of rotatable bonds is 4. The van der Waals surface area contributed by atoms with Gasteiger partial charge in [0.2, 0.25) is 5.78 Å². The number of carbonyl (C=O) groups is 3. The van der Waals surface area contributed by atoms with Gasteiger partial charge in [0.15, 0.2) is 11.3 Å². The molecule has 1 N–H and O–H groups in total. The lowest BCUT2D eigenvalue weighted by Crippen LogP contribution is -2.23. The number of fused-ring (bicyclic) bond motifs is 3. The Morgan fingerprint density at radius 1 is 1.14 bits per heavy atom. The van der Waals surface area contributed by atoms with E-state index in [4.69, 9.17) is 4.74 Å². The highest BCUT2D eigenvalue weighted by molar-refractivity contribution is 6.36. The van der Waals surface area contributed by atoms with Crippen molar-refractivity contribution in [3.8, 4) is 5.69 Å². The van der Waals surface area contributed by atoms with Crippen molar-refractivity contribution in [2.75, 3.05) is 14.2 Å². The summed E-state index contributed by atoms with van der Waals surface area (Å²) in [4.78, 5) is 54.2. The lowest BCUT2D eigenvalue weighted by Gasteiger charge is -2.11. The van der Waals surface area contributed by atoms with Gasteiger partial charge in [-0.25, -0.2) is 19.3 Å². The maximum Gasteiger partial charge on any atom is 0.374 e. The molecule has 29 heavy (non-hydrogen) atoms. The monoisotopic (exact) mass is 395 g/mol. The molecule has 148 valence electrons. The number of ether oxygens (including phenoxy) is 2. The molecule has 0 bridgehead atoms. The molecular formula is C20H17N3O6.